The van der Waals surface area contributed by atoms with Crippen molar-refractivity contribution in [3.05, 3.63) is 72.1 Å². The first-order chi connectivity index (χ1) is 12.1. The van der Waals surface area contributed by atoms with Crippen molar-refractivity contribution < 1.29 is 9.53 Å². The van der Waals surface area contributed by atoms with E-state index in [0.29, 0.717) is 11.4 Å². The van der Waals surface area contributed by atoms with Gasteiger partial charge in [0.15, 0.2) is 0 Å². The number of carbonyl (C=O) groups is 1. The number of aryl methyl sites for hydroxylation is 2. The third kappa shape index (κ3) is 4.78. The monoisotopic (exact) mass is 334 g/mol. The van der Waals surface area contributed by atoms with E-state index >= 15 is 0 Å². The van der Waals surface area contributed by atoms with E-state index in [1.807, 2.05) is 62.4 Å². The van der Waals surface area contributed by atoms with Gasteiger partial charge in [0.2, 0.25) is 0 Å². The topological polar surface area (TPSA) is 76.1 Å². The maximum atomic E-state index is 12.1. The molecular weight excluding hydrogens is 316 g/mol. The lowest BCUT2D eigenvalue weighted by Gasteiger charge is -2.09. The largest absolute Gasteiger partial charge is 0.424 e. The van der Waals surface area contributed by atoms with E-state index in [2.05, 4.69) is 20.6 Å². The molecule has 0 aliphatic rings. The number of rotatable bonds is 4. The van der Waals surface area contributed by atoms with Gasteiger partial charge in [-0.15, -0.1) is 0 Å². The quantitative estimate of drug-likeness (QED) is 0.735. The number of ether oxygens (including phenoxy) is 1. The molecule has 3 rings (SSSR count). The van der Waals surface area contributed by atoms with Gasteiger partial charge in [0, 0.05) is 5.69 Å². The summed E-state index contributed by atoms with van der Waals surface area (Å²) in [4.78, 5) is 20.2. The summed E-state index contributed by atoms with van der Waals surface area (Å²) in [7, 11) is 0. The third-order valence-corrected chi connectivity index (χ3v) is 3.32. The van der Waals surface area contributed by atoms with Crippen LogP contribution < -0.4 is 15.4 Å². The van der Waals surface area contributed by atoms with Crippen molar-refractivity contribution >= 4 is 17.4 Å². The second kappa shape index (κ2) is 7.44. The first-order valence-corrected chi connectivity index (χ1v) is 7.80. The highest BCUT2D eigenvalue weighted by atomic mass is 16.5. The van der Waals surface area contributed by atoms with E-state index in [9.17, 15) is 4.79 Å². The Morgan fingerprint density at radius 2 is 1.48 bits per heavy atom. The van der Waals surface area contributed by atoms with Gasteiger partial charge in [-0.1, -0.05) is 24.3 Å². The molecule has 2 N–H and O–H groups in total. The van der Waals surface area contributed by atoms with E-state index in [-0.39, 0.29) is 12.0 Å². The normalized spacial score (nSPS) is 10.2. The Labute approximate surface area is 145 Å². The zero-order valence-corrected chi connectivity index (χ0v) is 14.0. The molecule has 0 aliphatic carbocycles. The molecule has 0 spiro atoms. The van der Waals surface area contributed by atoms with Crippen LogP contribution in [-0.4, -0.2) is 16.0 Å². The lowest BCUT2D eigenvalue weighted by atomic mass is 10.1. The van der Waals surface area contributed by atoms with E-state index in [0.717, 1.165) is 16.8 Å². The van der Waals surface area contributed by atoms with Gasteiger partial charge in [0.25, 0.3) is 0 Å². The fourth-order valence-corrected chi connectivity index (χ4v) is 2.37. The molecule has 0 aliphatic heterocycles. The maximum absolute atomic E-state index is 12.1. The molecular formula is C19H18N4O2. The molecule has 0 atom stereocenters. The SMILES string of the molecule is Cc1cc(C)cc(NC(=O)Nc2cnc(Oc3ccccc3)nc2)c1. The van der Waals surface area contributed by atoms with Gasteiger partial charge in [-0.2, -0.15) is 0 Å². The number of hydrogen-bond acceptors (Lipinski definition) is 4. The van der Waals surface area contributed by atoms with Gasteiger partial charge in [-0.3, -0.25) is 0 Å². The van der Waals surface area contributed by atoms with Crippen molar-refractivity contribution in [1.29, 1.82) is 0 Å². The first kappa shape index (κ1) is 16.4. The smallest absolute Gasteiger partial charge is 0.323 e. The molecule has 25 heavy (non-hydrogen) atoms. The maximum Gasteiger partial charge on any atom is 0.323 e. The molecule has 1 aromatic heterocycles. The molecule has 3 aromatic rings. The van der Waals surface area contributed by atoms with Crippen molar-refractivity contribution in [2.24, 2.45) is 0 Å². The molecule has 0 saturated heterocycles. The van der Waals surface area contributed by atoms with Gasteiger partial charge in [0.1, 0.15) is 5.75 Å². The number of urea groups is 1. The van der Waals surface area contributed by atoms with Crippen LogP contribution in [0.5, 0.6) is 11.8 Å². The van der Waals surface area contributed by atoms with Gasteiger partial charge in [0.05, 0.1) is 18.1 Å². The number of hydrogen-bond donors (Lipinski definition) is 2. The molecule has 0 fully saturated rings. The minimum Gasteiger partial charge on any atom is -0.424 e. The zero-order valence-electron chi connectivity index (χ0n) is 14.0. The van der Waals surface area contributed by atoms with Crippen molar-refractivity contribution in [2.45, 2.75) is 13.8 Å². The van der Waals surface area contributed by atoms with Crippen molar-refractivity contribution in [1.82, 2.24) is 9.97 Å². The number of carbonyl (C=O) groups excluding carboxylic acids is 1. The molecule has 2 amide bonds. The Balaban J connectivity index is 1.60. The summed E-state index contributed by atoms with van der Waals surface area (Å²) in [5.41, 5.74) is 3.38. The number of nitrogens with zero attached hydrogens (tertiary/aromatic N) is 2. The number of amides is 2. The average molecular weight is 334 g/mol. The Hall–Kier alpha value is -3.41. The fourth-order valence-electron chi connectivity index (χ4n) is 2.37. The average Bonchev–Trinajstić information content (AvgIpc) is 2.56. The van der Waals surface area contributed by atoms with Gasteiger partial charge in [-0.05, 0) is 49.2 Å². The van der Waals surface area contributed by atoms with E-state index in [4.69, 9.17) is 4.74 Å². The van der Waals surface area contributed by atoms with Crippen molar-refractivity contribution in [3.63, 3.8) is 0 Å². The first-order valence-electron chi connectivity index (χ1n) is 7.80. The summed E-state index contributed by atoms with van der Waals surface area (Å²) in [6, 6.07) is 15.0. The Morgan fingerprint density at radius 3 is 2.12 bits per heavy atom. The van der Waals surface area contributed by atoms with Crippen LogP contribution in [-0.2, 0) is 0 Å². The van der Waals surface area contributed by atoms with Crippen molar-refractivity contribution in [3.8, 4) is 11.8 Å². The van der Waals surface area contributed by atoms with E-state index < -0.39 is 0 Å². The van der Waals surface area contributed by atoms with Gasteiger partial charge < -0.3 is 15.4 Å². The third-order valence-electron chi connectivity index (χ3n) is 3.32. The minimum absolute atomic E-state index is 0.214. The molecule has 2 aromatic carbocycles. The molecule has 126 valence electrons. The predicted molar refractivity (Wildman–Crippen MR) is 97.1 cm³/mol. The minimum atomic E-state index is -0.356. The standard InChI is InChI=1S/C19H18N4O2/c1-13-8-14(2)10-15(9-13)22-18(24)23-16-11-20-19(21-12-16)25-17-6-4-3-5-7-17/h3-12H,1-2H3,(H2,22,23,24). The van der Waals surface area contributed by atoms with Crippen LogP contribution in [0.4, 0.5) is 16.2 Å². The fraction of sp³-hybridized carbons (Fsp3) is 0.105. The van der Waals surface area contributed by atoms with Crippen LogP contribution >= 0.6 is 0 Å². The summed E-state index contributed by atoms with van der Waals surface area (Å²) >= 11 is 0. The summed E-state index contributed by atoms with van der Waals surface area (Å²) in [6.07, 6.45) is 2.98. The summed E-state index contributed by atoms with van der Waals surface area (Å²) in [5.74, 6) is 0.649. The van der Waals surface area contributed by atoms with E-state index in [1.54, 1.807) is 0 Å². The van der Waals surface area contributed by atoms with Gasteiger partial charge in [-0.25, -0.2) is 14.8 Å². The Morgan fingerprint density at radius 1 is 0.880 bits per heavy atom. The number of para-hydroxylation sites is 1. The highest BCUT2D eigenvalue weighted by Crippen LogP contribution is 2.18. The van der Waals surface area contributed by atoms with Crippen molar-refractivity contribution in [2.75, 3.05) is 10.6 Å². The number of aromatic nitrogens is 2. The molecule has 0 radical (unpaired) electrons. The summed E-state index contributed by atoms with van der Waals surface area (Å²) in [5, 5.41) is 5.48. The molecule has 1 heterocycles. The molecule has 6 nitrogen and oxygen atoms in total. The van der Waals surface area contributed by atoms with Crippen LogP contribution in [0.2, 0.25) is 0 Å². The Kier molecular flexibility index (Phi) is 4.89. The summed E-state index contributed by atoms with van der Waals surface area (Å²) in [6.45, 7) is 3.96. The molecule has 6 heteroatoms. The second-order valence-corrected chi connectivity index (χ2v) is 5.62. The van der Waals surface area contributed by atoms with Crippen LogP contribution in [0, 0.1) is 13.8 Å². The second-order valence-electron chi connectivity index (χ2n) is 5.62. The van der Waals surface area contributed by atoms with Crippen LogP contribution in [0.25, 0.3) is 0 Å². The van der Waals surface area contributed by atoms with Crippen LogP contribution in [0.1, 0.15) is 11.1 Å². The zero-order chi connectivity index (χ0) is 17.6. The molecule has 0 bridgehead atoms. The number of benzene rings is 2. The molecule has 0 saturated carbocycles. The Bertz CT molecular complexity index is 844. The number of nitrogens with one attached hydrogen (secondary N) is 2. The molecule has 0 unspecified atom stereocenters. The van der Waals surface area contributed by atoms with Crippen LogP contribution in [0.15, 0.2) is 60.9 Å². The van der Waals surface area contributed by atoms with Gasteiger partial charge >= 0.3 is 12.0 Å². The summed E-state index contributed by atoms with van der Waals surface area (Å²) < 4.78 is 5.51. The lowest BCUT2D eigenvalue weighted by molar-refractivity contribution is 0.262. The lowest BCUT2D eigenvalue weighted by Crippen LogP contribution is -2.19. The highest BCUT2D eigenvalue weighted by molar-refractivity contribution is 5.99. The number of anilines is 2. The van der Waals surface area contributed by atoms with Crippen LogP contribution in [0.3, 0.4) is 0 Å². The predicted octanol–water partition coefficient (Wildman–Crippen LogP) is 4.53. The highest BCUT2D eigenvalue weighted by Gasteiger charge is 2.06. The van der Waals surface area contributed by atoms with E-state index in [1.165, 1.54) is 12.4 Å².